The van der Waals surface area contributed by atoms with Crippen LogP contribution in [0.4, 0.5) is 10.8 Å². The van der Waals surface area contributed by atoms with E-state index in [1.165, 1.54) is 35.0 Å². The SMILES string of the molecule is CCCn1nc(C(=O)Nc2nc3ccc([N+](=O)[O-])cc3s2)ccc1=O. The second-order valence-electron chi connectivity index (χ2n) is 5.16. The number of non-ortho nitro benzene ring substituents is 1. The highest BCUT2D eigenvalue weighted by Gasteiger charge is 2.14. The van der Waals surface area contributed by atoms with Gasteiger partial charge in [0.15, 0.2) is 5.13 Å². The standard InChI is InChI=1S/C15H13N5O4S/c1-2-7-19-13(21)6-5-11(18-19)14(22)17-15-16-10-4-3-9(20(23)24)8-12(10)25-15/h3-6,8H,2,7H2,1H3,(H,16,17,22). The normalized spacial score (nSPS) is 10.8. The summed E-state index contributed by atoms with van der Waals surface area (Å²) in [5.74, 6) is -0.501. The maximum Gasteiger partial charge on any atom is 0.277 e. The number of nitrogens with zero attached hydrogens (tertiary/aromatic N) is 4. The molecule has 0 unspecified atom stereocenters. The lowest BCUT2D eigenvalue weighted by Crippen LogP contribution is -2.26. The molecule has 0 aliphatic carbocycles. The smallest absolute Gasteiger partial charge is 0.277 e. The van der Waals surface area contributed by atoms with Crippen LogP contribution in [0.2, 0.25) is 0 Å². The van der Waals surface area contributed by atoms with E-state index >= 15 is 0 Å². The summed E-state index contributed by atoms with van der Waals surface area (Å²) in [6, 6.07) is 6.93. The Kier molecular flexibility index (Phi) is 4.52. The molecule has 128 valence electrons. The third-order valence-electron chi connectivity index (χ3n) is 3.34. The Morgan fingerprint density at radius 1 is 1.36 bits per heavy atom. The van der Waals surface area contributed by atoms with E-state index in [4.69, 9.17) is 0 Å². The van der Waals surface area contributed by atoms with Crippen LogP contribution in [0.3, 0.4) is 0 Å². The fourth-order valence-corrected chi connectivity index (χ4v) is 3.08. The lowest BCUT2D eigenvalue weighted by molar-refractivity contribution is -0.384. The third-order valence-corrected chi connectivity index (χ3v) is 4.27. The second-order valence-corrected chi connectivity index (χ2v) is 6.19. The van der Waals surface area contributed by atoms with Crippen molar-refractivity contribution in [3.05, 3.63) is 56.5 Å². The number of nitrogens with one attached hydrogen (secondary N) is 1. The van der Waals surface area contributed by atoms with Crippen LogP contribution in [0.5, 0.6) is 0 Å². The molecule has 0 saturated carbocycles. The number of carbonyl (C=O) groups is 1. The van der Waals surface area contributed by atoms with Gasteiger partial charge >= 0.3 is 0 Å². The number of aromatic nitrogens is 3. The van der Waals surface area contributed by atoms with E-state index in [9.17, 15) is 19.7 Å². The number of hydrogen-bond donors (Lipinski definition) is 1. The van der Waals surface area contributed by atoms with Gasteiger partial charge in [-0.15, -0.1) is 0 Å². The molecule has 2 aromatic heterocycles. The van der Waals surface area contributed by atoms with E-state index in [1.54, 1.807) is 0 Å². The molecule has 9 nitrogen and oxygen atoms in total. The number of anilines is 1. The Balaban J connectivity index is 1.85. The third kappa shape index (κ3) is 3.53. The van der Waals surface area contributed by atoms with Crippen LogP contribution in [0, 0.1) is 10.1 Å². The molecular formula is C15H13N5O4S. The highest BCUT2D eigenvalue weighted by molar-refractivity contribution is 7.22. The second kappa shape index (κ2) is 6.77. The summed E-state index contributed by atoms with van der Waals surface area (Å²) >= 11 is 1.13. The van der Waals surface area contributed by atoms with Crippen molar-refractivity contribution >= 4 is 38.3 Å². The van der Waals surface area contributed by atoms with Crippen molar-refractivity contribution in [3.63, 3.8) is 0 Å². The van der Waals surface area contributed by atoms with Crippen LogP contribution in [0.15, 0.2) is 35.1 Å². The molecule has 1 amide bonds. The van der Waals surface area contributed by atoms with Gasteiger partial charge in [-0.25, -0.2) is 9.67 Å². The van der Waals surface area contributed by atoms with Gasteiger partial charge in [0.1, 0.15) is 5.69 Å². The average Bonchev–Trinajstić information content (AvgIpc) is 2.98. The van der Waals surface area contributed by atoms with Crippen molar-refractivity contribution in [1.82, 2.24) is 14.8 Å². The zero-order valence-electron chi connectivity index (χ0n) is 13.1. The van der Waals surface area contributed by atoms with Crippen LogP contribution in [0.1, 0.15) is 23.8 Å². The zero-order chi connectivity index (χ0) is 18.0. The summed E-state index contributed by atoms with van der Waals surface area (Å²) in [4.78, 5) is 38.5. The van der Waals surface area contributed by atoms with Gasteiger partial charge in [0.2, 0.25) is 0 Å². The summed E-state index contributed by atoms with van der Waals surface area (Å²) < 4.78 is 1.82. The van der Waals surface area contributed by atoms with Gasteiger partial charge in [0.25, 0.3) is 17.2 Å². The number of benzene rings is 1. The van der Waals surface area contributed by atoms with Gasteiger partial charge in [-0.2, -0.15) is 5.10 Å². The zero-order valence-corrected chi connectivity index (χ0v) is 13.9. The molecule has 1 aromatic carbocycles. The molecule has 0 saturated heterocycles. The van der Waals surface area contributed by atoms with E-state index in [2.05, 4.69) is 15.4 Å². The molecule has 0 atom stereocenters. The number of nitro benzene ring substituents is 1. The molecule has 0 fully saturated rings. The molecule has 0 aliphatic heterocycles. The van der Waals surface area contributed by atoms with Gasteiger partial charge in [0, 0.05) is 24.7 Å². The Labute approximate surface area is 145 Å². The van der Waals surface area contributed by atoms with Gasteiger partial charge in [-0.05, 0) is 18.6 Å². The summed E-state index contributed by atoms with van der Waals surface area (Å²) in [5.41, 5.74) is 0.334. The predicted octanol–water partition coefficient (Wildman–Crippen LogP) is 2.42. The molecule has 0 aliphatic rings. The van der Waals surface area contributed by atoms with Crippen LogP contribution < -0.4 is 10.9 Å². The van der Waals surface area contributed by atoms with E-state index in [0.29, 0.717) is 28.3 Å². The monoisotopic (exact) mass is 359 g/mol. The van der Waals surface area contributed by atoms with Crippen molar-refractivity contribution in [2.24, 2.45) is 0 Å². The molecule has 1 N–H and O–H groups in total. The molecule has 0 spiro atoms. The lowest BCUT2D eigenvalue weighted by atomic mass is 10.3. The molecule has 25 heavy (non-hydrogen) atoms. The minimum atomic E-state index is -0.501. The first-order valence-corrected chi connectivity index (χ1v) is 8.24. The highest BCUT2D eigenvalue weighted by Crippen LogP contribution is 2.29. The fraction of sp³-hybridized carbons (Fsp3) is 0.200. The fourth-order valence-electron chi connectivity index (χ4n) is 2.18. The molecule has 0 radical (unpaired) electrons. The van der Waals surface area contributed by atoms with Gasteiger partial charge in [0.05, 0.1) is 15.1 Å². The van der Waals surface area contributed by atoms with Crippen LogP contribution in [0.25, 0.3) is 10.2 Å². The van der Waals surface area contributed by atoms with Gasteiger partial charge in [-0.1, -0.05) is 18.3 Å². The van der Waals surface area contributed by atoms with E-state index in [1.807, 2.05) is 6.92 Å². The summed E-state index contributed by atoms with van der Waals surface area (Å²) in [6.45, 7) is 2.33. The number of thiazole rings is 1. The van der Waals surface area contributed by atoms with Crippen molar-refractivity contribution in [3.8, 4) is 0 Å². The summed E-state index contributed by atoms with van der Waals surface area (Å²) in [6.07, 6.45) is 0.717. The first-order chi connectivity index (χ1) is 12.0. The maximum atomic E-state index is 12.3. The molecule has 0 bridgehead atoms. The number of nitro groups is 1. The minimum Gasteiger partial charge on any atom is -0.296 e. The summed E-state index contributed by atoms with van der Waals surface area (Å²) in [7, 11) is 0. The van der Waals surface area contributed by atoms with E-state index < -0.39 is 10.8 Å². The van der Waals surface area contributed by atoms with Gasteiger partial charge < -0.3 is 0 Å². The Hall–Kier alpha value is -3.14. The van der Waals surface area contributed by atoms with Gasteiger partial charge in [-0.3, -0.25) is 25.0 Å². The number of rotatable bonds is 5. The van der Waals surface area contributed by atoms with E-state index in [-0.39, 0.29) is 16.9 Å². The van der Waals surface area contributed by atoms with Crippen LogP contribution >= 0.6 is 11.3 Å². The highest BCUT2D eigenvalue weighted by atomic mass is 32.1. The molecule has 3 aromatic rings. The van der Waals surface area contributed by atoms with Crippen molar-refractivity contribution in [2.45, 2.75) is 19.9 Å². The summed E-state index contributed by atoms with van der Waals surface area (Å²) in [5, 5.41) is 17.7. The lowest BCUT2D eigenvalue weighted by Gasteiger charge is -2.05. The predicted molar refractivity (Wildman–Crippen MR) is 93.0 cm³/mol. The number of carbonyl (C=O) groups excluding carboxylic acids is 1. The Morgan fingerprint density at radius 3 is 2.88 bits per heavy atom. The first kappa shape index (κ1) is 16.7. The largest absolute Gasteiger partial charge is 0.296 e. The van der Waals surface area contributed by atoms with Crippen molar-refractivity contribution in [1.29, 1.82) is 0 Å². The number of aryl methyl sites for hydroxylation is 1. The molecule has 10 heteroatoms. The van der Waals surface area contributed by atoms with Crippen molar-refractivity contribution in [2.75, 3.05) is 5.32 Å². The maximum absolute atomic E-state index is 12.3. The molecule has 2 heterocycles. The first-order valence-electron chi connectivity index (χ1n) is 7.42. The number of fused-ring (bicyclic) bond motifs is 1. The number of hydrogen-bond acceptors (Lipinski definition) is 7. The van der Waals surface area contributed by atoms with Crippen molar-refractivity contribution < 1.29 is 9.72 Å². The Morgan fingerprint density at radius 2 is 2.16 bits per heavy atom. The van der Waals surface area contributed by atoms with Crippen LogP contribution in [-0.4, -0.2) is 25.6 Å². The quantitative estimate of drug-likeness (QED) is 0.552. The topological polar surface area (TPSA) is 120 Å². The Bertz CT molecular complexity index is 1030. The molecular weight excluding hydrogens is 346 g/mol. The van der Waals surface area contributed by atoms with Crippen LogP contribution in [-0.2, 0) is 6.54 Å². The van der Waals surface area contributed by atoms with E-state index in [0.717, 1.165) is 11.3 Å². The number of amides is 1. The minimum absolute atomic E-state index is 0.0395. The molecule has 3 rings (SSSR count). The average molecular weight is 359 g/mol.